The minimum Gasteiger partial charge on any atom is -0.497 e. The van der Waals surface area contributed by atoms with E-state index in [1.807, 2.05) is 0 Å². The average Bonchev–Trinajstić information content (AvgIpc) is 3.15. The molecule has 1 N–H and O–H groups in total. The van der Waals surface area contributed by atoms with Crippen molar-refractivity contribution in [3.05, 3.63) is 40.7 Å². The first-order valence-corrected chi connectivity index (χ1v) is 8.85. The fourth-order valence-electron chi connectivity index (χ4n) is 2.63. The molecule has 1 aromatic heterocycles. The van der Waals surface area contributed by atoms with Gasteiger partial charge in [0.2, 0.25) is 0 Å². The predicted molar refractivity (Wildman–Crippen MR) is 94.8 cm³/mol. The minimum atomic E-state index is -0.295. The molecule has 140 valence electrons. The Morgan fingerprint density at radius 2 is 2.27 bits per heavy atom. The lowest BCUT2D eigenvalue weighted by atomic mass is 10.1. The number of carbonyl (C=O) groups excluding carboxylic acids is 1. The van der Waals surface area contributed by atoms with Gasteiger partial charge in [-0.1, -0.05) is 16.8 Å². The van der Waals surface area contributed by atoms with Crippen molar-refractivity contribution in [2.75, 3.05) is 20.3 Å². The second-order valence-electron chi connectivity index (χ2n) is 5.96. The number of halogens is 1. The zero-order chi connectivity index (χ0) is 18.4. The third kappa shape index (κ3) is 4.89. The number of hydrogen-bond acceptors (Lipinski definition) is 6. The summed E-state index contributed by atoms with van der Waals surface area (Å²) in [7, 11) is 1.56. The standard InChI is InChI=1S/C18H21ClN2O5/c1-23-12-5-6-17(15(19)8-12)25-11-14-9-16(21-26-14)18(22)20-10-13-4-2-3-7-24-13/h5-6,8-9,13H,2-4,7,10-11H2,1H3,(H,20,22). The summed E-state index contributed by atoms with van der Waals surface area (Å²) in [5, 5.41) is 7.02. The highest BCUT2D eigenvalue weighted by molar-refractivity contribution is 6.32. The normalized spacial score (nSPS) is 16.9. The molecule has 2 aromatic rings. The Bertz CT molecular complexity index is 743. The number of benzene rings is 1. The Labute approximate surface area is 156 Å². The lowest BCUT2D eigenvalue weighted by Gasteiger charge is -2.22. The highest BCUT2D eigenvalue weighted by Gasteiger charge is 2.17. The van der Waals surface area contributed by atoms with Gasteiger partial charge >= 0.3 is 0 Å². The summed E-state index contributed by atoms with van der Waals surface area (Å²) in [5.41, 5.74) is 0.209. The Hall–Kier alpha value is -2.25. The van der Waals surface area contributed by atoms with E-state index in [2.05, 4.69) is 10.5 Å². The number of rotatable bonds is 7. The minimum absolute atomic E-state index is 0.0691. The molecule has 0 radical (unpaired) electrons. The molecule has 1 fully saturated rings. The van der Waals surface area contributed by atoms with Gasteiger partial charge in [0.15, 0.2) is 11.5 Å². The van der Waals surface area contributed by atoms with Crippen LogP contribution in [0.2, 0.25) is 5.02 Å². The number of nitrogens with zero attached hydrogens (tertiary/aromatic N) is 1. The molecular weight excluding hydrogens is 360 g/mol. The largest absolute Gasteiger partial charge is 0.497 e. The molecule has 1 saturated heterocycles. The van der Waals surface area contributed by atoms with Crippen molar-refractivity contribution >= 4 is 17.5 Å². The van der Waals surface area contributed by atoms with Crippen LogP contribution in [0.5, 0.6) is 11.5 Å². The predicted octanol–water partition coefficient (Wildman–Crippen LogP) is 3.21. The second kappa shape index (κ2) is 8.91. The molecule has 0 spiro atoms. The van der Waals surface area contributed by atoms with Gasteiger partial charge in [-0.3, -0.25) is 4.79 Å². The van der Waals surface area contributed by atoms with Crippen molar-refractivity contribution in [3.63, 3.8) is 0 Å². The lowest BCUT2D eigenvalue weighted by Crippen LogP contribution is -2.35. The van der Waals surface area contributed by atoms with E-state index in [0.29, 0.717) is 28.8 Å². The maximum absolute atomic E-state index is 12.1. The first-order valence-electron chi connectivity index (χ1n) is 8.47. The SMILES string of the molecule is COc1ccc(OCc2cc(C(=O)NCC3CCCCO3)no2)c(Cl)c1. The van der Waals surface area contributed by atoms with Crippen molar-refractivity contribution in [3.8, 4) is 11.5 Å². The maximum atomic E-state index is 12.1. The van der Waals surface area contributed by atoms with Crippen LogP contribution in [0.25, 0.3) is 0 Å². The van der Waals surface area contributed by atoms with E-state index in [0.717, 1.165) is 25.9 Å². The zero-order valence-electron chi connectivity index (χ0n) is 14.5. The fourth-order valence-corrected chi connectivity index (χ4v) is 2.85. The van der Waals surface area contributed by atoms with Gasteiger partial charge in [-0.2, -0.15) is 0 Å². The van der Waals surface area contributed by atoms with Crippen LogP contribution in [-0.2, 0) is 11.3 Å². The summed E-state index contributed by atoms with van der Waals surface area (Å²) in [4.78, 5) is 12.1. The highest BCUT2D eigenvalue weighted by Crippen LogP contribution is 2.29. The number of carbonyl (C=O) groups is 1. The van der Waals surface area contributed by atoms with Gasteiger partial charge in [-0.05, 0) is 31.4 Å². The van der Waals surface area contributed by atoms with Crippen LogP contribution in [0.15, 0.2) is 28.8 Å². The van der Waals surface area contributed by atoms with Crippen molar-refractivity contribution in [2.45, 2.75) is 32.0 Å². The number of amides is 1. The summed E-state index contributed by atoms with van der Waals surface area (Å²) in [6.45, 7) is 1.33. The molecule has 2 heterocycles. The summed E-state index contributed by atoms with van der Waals surface area (Å²) >= 11 is 6.12. The van der Waals surface area contributed by atoms with E-state index < -0.39 is 0 Å². The second-order valence-corrected chi connectivity index (χ2v) is 6.37. The van der Waals surface area contributed by atoms with Crippen LogP contribution < -0.4 is 14.8 Å². The smallest absolute Gasteiger partial charge is 0.273 e. The van der Waals surface area contributed by atoms with E-state index in [1.165, 1.54) is 0 Å². The molecule has 1 atom stereocenters. The third-order valence-electron chi connectivity index (χ3n) is 4.06. The van der Waals surface area contributed by atoms with E-state index in [-0.39, 0.29) is 24.3 Å². The van der Waals surface area contributed by atoms with E-state index in [4.69, 9.17) is 30.3 Å². The summed E-state index contributed by atoms with van der Waals surface area (Å²) in [6, 6.07) is 6.65. The zero-order valence-corrected chi connectivity index (χ0v) is 15.3. The van der Waals surface area contributed by atoms with Crippen LogP contribution in [0.1, 0.15) is 35.5 Å². The molecule has 1 unspecified atom stereocenters. The molecule has 0 aliphatic carbocycles. The van der Waals surface area contributed by atoms with E-state index >= 15 is 0 Å². The van der Waals surface area contributed by atoms with Gasteiger partial charge in [-0.25, -0.2) is 0 Å². The first-order chi connectivity index (χ1) is 12.7. The highest BCUT2D eigenvalue weighted by atomic mass is 35.5. The Kier molecular flexibility index (Phi) is 6.35. The topological polar surface area (TPSA) is 82.8 Å². The lowest BCUT2D eigenvalue weighted by molar-refractivity contribution is 0.0168. The van der Waals surface area contributed by atoms with Gasteiger partial charge in [0.25, 0.3) is 5.91 Å². The molecule has 1 amide bonds. The number of nitrogens with one attached hydrogen (secondary N) is 1. The van der Waals surface area contributed by atoms with Crippen LogP contribution in [0.4, 0.5) is 0 Å². The Morgan fingerprint density at radius 1 is 1.38 bits per heavy atom. The molecule has 0 bridgehead atoms. The molecule has 8 heteroatoms. The van der Waals surface area contributed by atoms with Gasteiger partial charge in [0.1, 0.15) is 18.1 Å². The number of methoxy groups -OCH3 is 1. The number of ether oxygens (including phenoxy) is 3. The summed E-state index contributed by atoms with van der Waals surface area (Å²) in [5.74, 6) is 1.26. The molecule has 26 heavy (non-hydrogen) atoms. The van der Waals surface area contributed by atoms with Crippen LogP contribution in [-0.4, -0.2) is 37.4 Å². The van der Waals surface area contributed by atoms with Crippen molar-refractivity contribution in [2.24, 2.45) is 0 Å². The Balaban J connectivity index is 1.50. The molecule has 3 rings (SSSR count). The van der Waals surface area contributed by atoms with E-state index in [1.54, 1.807) is 31.4 Å². The van der Waals surface area contributed by atoms with Crippen molar-refractivity contribution < 1.29 is 23.5 Å². The third-order valence-corrected chi connectivity index (χ3v) is 4.36. The first kappa shape index (κ1) is 18.5. The molecule has 0 saturated carbocycles. The summed E-state index contributed by atoms with van der Waals surface area (Å²) < 4.78 is 21.4. The van der Waals surface area contributed by atoms with Crippen molar-refractivity contribution in [1.29, 1.82) is 0 Å². The van der Waals surface area contributed by atoms with Crippen LogP contribution in [0, 0.1) is 0 Å². The molecule has 1 aliphatic heterocycles. The van der Waals surface area contributed by atoms with Crippen LogP contribution in [0.3, 0.4) is 0 Å². The number of aromatic nitrogens is 1. The average molecular weight is 381 g/mol. The van der Waals surface area contributed by atoms with Gasteiger partial charge in [-0.15, -0.1) is 0 Å². The molecule has 1 aromatic carbocycles. The Morgan fingerprint density at radius 3 is 3.00 bits per heavy atom. The number of hydrogen-bond donors (Lipinski definition) is 1. The van der Waals surface area contributed by atoms with Crippen LogP contribution >= 0.6 is 11.6 Å². The maximum Gasteiger partial charge on any atom is 0.273 e. The molecular formula is C18H21ClN2O5. The van der Waals surface area contributed by atoms with Gasteiger partial charge in [0, 0.05) is 25.3 Å². The van der Waals surface area contributed by atoms with Gasteiger partial charge < -0.3 is 24.1 Å². The summed E-state index contributed by atoms with van der Waals surface area (Å²) in [6.07, 6.45) is 3.23. The molecule has 1 aliphatic rings. The monoisotopic (exact) mass is 380 g/mol. The van der Waals surface area contributed by atoms with E-state index in [9.17, 15) is 4.79 Å². The fraction of sp³-hybridized carbons (Fsp3) is 0.444. The quantitative estimate of drug-likeness (QED) is 0.794. The molecule has 7 nitrogen and oxygen atoms in total. The van der Waals surface area contributed by atoms with Gasteiger partial charge in [0.05, 0.1) is 18.2 Å². The van der Waals surface area contributed by atoms with Crippen molar-refractivity contribution in [1.82, 2.24) is 10.5 Å².